The number of nitrogens with zero attached hydrogens (tertiary/aromatic N) is 2. The smallest absolute Gasteiger partial charge is 0.231 e. The van der Waals surface area contributed by atoms with Crippen molar-refractivity contribution >= 4 is 0 Å². The number of halogens is 1. The van der Waals surface area contributed by atoms with Gasteiger partial charge in [-0.15, -0.1) is 0 Å². The molecule has 19 heavy (non-hydrogen) atoms. The summed E-state index contributed by atoms with van der Waals surface area (Å²) in [5.41, 5.74) is 6.77. The van der Waals surface area contributed by atoms with Crippen LogP contribution in [0.2, 0.25) is 0 Å². The van der Waals surface area contributed by atoms with Crippen molar-refractivity contribution in [3.05, 3.63) is 47.4 Å². The summed E-state index contributed by atoms with van der Waals surface area (Å²) in [5, 5.41) is 3.91. The van der Waals surface area contributed by atoms with Gasteiger partial charge in [0, 0.05) is 12.5 Å². The van der Waals surface area contributed by atoms with Crippen molar-refractivity contribution in [1.29, 1.82) is 0 Å². The van der Waals surface area contributed by atoms with Gasteiger partial charge in [-0.1, -0.05) is 31.1 Å². The lowest BCUT2D eigenvalue weighted by Gasteiger charge is -2.13. The predicted octanol–water partition coefficient (Wildman–Crippen LogP) is 2.64. The van der Waals surface area contributed by atoms with Crippen LogP contribution >= 0.6 is 0 Å². The van der Waals surface area contributed by atoms with Gasteiger partial charge >= 0.3 is 0 Å². The number of aromatic nitrogens is 2. The summed E-state index contributed by atoms with van der Waals surface area (Å²) in [6.07, 6.45) is 1.30. The summed E-state index contributed by atoms with van der Waals surface area (Å²) in [5.74, 6) is 0.859. The van der Waals surface area contributed by atoms with Crippen molar-refractivity contribution in [2.75, 3.05) is 0 Å². The monoisotopic (exact) mass is 263 g/mol. The normalized spacial score (nSPS) is 14.3. The SMILES string of the molecule is CCC(N)C(C)c1nc(Cc2cccc(F)c2)no1. The zero-order chi connectivity index (χ0) is 13.8. The van der Waals surface area contributed by atoms with E-state index >= 15 is 0 Å². The van der Waals surface area contributed by atoms with Crippen molar-refractivity contribution in [3.8, 4) is 0 Å². The van der Waals surface area contributed by atoms with E-state index in [0.29, 0.717) is 18.1 Å². The van der Waals surface area contributed by atoms with Crippen LogP contribution in [0.25, 0.3) is 0 Å². The average Bonchev–Trinajstić information content (AvgIpc) is 2.85. The van der Waals surface area contributed by atoms with E-state index in [-0.39, 0.29) is 17.8 Å². The molecule has 0 aliphatic heterocycles. The molecule has 2 N–H and O–H groups in total. The molecule has 1 heterocycles. The number of hydrogen-bond acceptors (Lipinski definition) is 4. The van der Waals surface area contributed by atoms with E-state index in [9.17, 15) is 4.39 Å². The second-order valence-electron chi connectivity index (χ2n) is 4.72. The molecule has 0 aliphatic carbocycles. The first-order valence-electron chi connectivity index (χ1n) is 6.42. The van der Waals surface area contributed by atoms with Gasteiger partial charge < -0.3 is 10.3 Å². The second-order valence-corrected chi connectivity index (χ2v) is 4.72. The molecular formula is C14H18FN3O. The molecule has 0 amide bonds. The fraction of sp³-hybridized carbons (Fsp3) is 0.429. The predicted molar refractivity (Wildman–Crippen MR) is 70.2 cm³/mol. The van der Waals surface area contributed by atoms with Crippen LogP contribution in [0, 0.1) is 5.82 Å². The Labute approximate surface area is 111 Å². The molecule has 0 bridgehead atoms. The first-order chi connectivity index (χ1) is 9.10. The Balaban J connectivity index is 2.09. The Hall–Kier alpha value is -1.75. The van der Waals surface area contributed by atoms with E-state index in [4.69, 9.17) is 10.3 Å². The quantitative estimate of drug-likeness (QED) is 0.900. The maximum atomic E-state index is 13.1. The fourth-order valence-corrected chi connectivity index (χ4v) is 1.89. The van der Waals surface area contributed by atoms with Gasteiger partial charge in [-0.2, -0.15) is 4.98 Å². The zero-order valence-electron chi connectivity index (χ0n) is 11.1. The summed E-state index contributed by atoms with van der Waals surface area (Å²) in [7, 11) is 0. The van der Waals surface area contributed by atoms with E-state index in [1.165, 1.54) is 12.1 Å². The Kier molecular flexibility index (Phi) is 4.27. The summed E-state index contributed by atoms with van der Waals surface area (Å²) in [4.78, 5) is 4.32. The van der Waals surface area contributed by atoms with Crippen LogP contribution in [0.3, 0.4) is 0 Å². The van der Waals surface area contributed by atoms with Gasteiger partial charge in [0.05, 0.1) is 5.92 Å². The maximum absolute atomic E-state index is 13.1. The van der Waals surface area contributed by atoms with Gasteiger partial charge in [0.15, 0.2) is 5.82 Å². The van der Waals surface area contributed by atoms with Crippen LogP contribution in [0.15, 0.2) is 28.8 Å². The van der Waals surface area contributed by atoms with Crippen molar-refractivity contribution in [1.82, 2.24) is 10.1 Å². The third kappa shape index (κ3) is 3.38. The number of rotatable bonds is 5. The number of hydrogen-bond donors (Lipinski definition) is 1. The van der Waals surface area contributed by atoms with Gasteiger partial charge in [-0.25, -0.2) is 4.39 Å². The first-order valence-corrected chi connectivity index (χ1v) is 6.42. The van der Waals surface area contributed by atoms with E-state index in [0.717, 1.165) is 12.0 Å². The van der Waals surface area contributed by atoms with Gasteiger partial charge in [0.25, 0.3) is 0 Å². The second kappa shape index (κ2) is 5.93. The molecule has 1 aromatic carbocycles. The maximum Gasteiger partial charge on any atom is 0.231 e. The highest BCUT2D eigenvalue weighted by Crippen LogP contribution is 2.18. The van der Waals surface area contributed by atoms with E-state index in [1.807, 2.05) is 19.9 Å². The minimum atomic E-state index is -0.261. The largest absolute Gasteiger partial charge is 0.339 e. The topological polar surface area (TPSA) is 64.9 Å². The highest BCUT2D eigenvalue weighted by molar-refractivity contribution is 5.19. The molecule has 2 aromatic rings. The van der Waals surface area contributed by atoms with Crippen molar-refractivity contribution < 1.29 is 8.91 Å². The molecular weight excluding hydrogens is 245 g/mol. The number of benzene rings is 1. The molecule has 102 valence electrons. The summed E-state index contributed by atoms with van der Waals surface area (Å²) in [6, 6.07) is 6.38. The first kappa shape index (κ1) is 13.7. The Morgan fingerprint density at radius 2 is 2.21 bits per heavy atom. The van der Waals surface area contributed by atoms with Crippen LogP contribution in [0.5, 0.6) is 0 Å². The molecule has 5 heteroatoms. The van der Waals surface area contributed by atoms with E-state index in [2.05, 4.69) is 10.1 Å². The molecule has 0 fully saturated rings. The van der Waals surface area contributed by atoms with Gasteiger partial charge in [-0.3, -0.25) is 0 Å². The molecule has 0 spiro atoms. The molecule has 1 aromatic heterocycles. The fourth-order valence-electron chi connectivity index (χ4n) is 1.89. The molecule has 2 unspecified atom stereocenters. The third-order valence-corrected chi connectivity index (χ3v) is 3.24. The Bertz CT molecular complexity index is 541. The lowest BCUT2D eigenvalue weighted by Crippen LogP contribution is -2.25. The molecule has 2 atom stereocenters. The van der Waals surface area contributed by atoms with Crippen molar-refractivity contribution in [3.63, 3.8) is 0 Å². The summed E-state index contributed by atoms with van der Waals surface area (Å²) in [6.45, 7) is 3.98. The van der Waals surface area contributed by atoms with Gasteiger partial charge in [0.2, 0.25) is 5.89 Å². The molecule has 0 aliphatic rings. The van der Waals surface area contributed by atoms with E-state index < -0.39 is 0 Å². The van der Waals surface area contributed by atoms with Gasteiger partial charge in [-0.05, 0) is 24.1 Å². The Morgan fingerprint density at radius 1 is 1.42 bits per heavy atom. The minimum Gasteiger partial charge on any atom is -0.339 e. The molecule has 0 saturated heterocycles. The van der Waals surface area contributed by atoms with Crippen LogP contribution in [-0.2, 0) is 6.42 Å². The molecule has 4 nitrogen and oxygen atoms in total. The third-order valence-electron chi connectivity index (χ3n) is 3.24. The average molecular weight is 263 g/mol. The van der Waals surface area contributed by atoms with Crippen LogP contribution < -0.4 is 5.73 Å². The van der Waals surface area contributed by atoms with Crippen LogP contribution in [0.1, 0.15) is 43.5 Å². The molecule has 2 rings (SSSR count). The zero-order valence-corrected chi connectivity index (χ0v) is 11.1. The Morgan fingerprint density at radius 3 is 2.89 bits per heavy atom. The van der Waals surface area contributed by atoms with Crippen molar-refractivity contribution in [2.45, 2.75) is 38.6 Å². The molecule has 0 saturated carbocycles. The lowest BCUT2D eigenvalue weighted by atomic mass is 10.0. The summed E-state index contributed by atoms with van der Waals surface area (Å²) < 4.78 is 18.3. The highest BCUT2D eigenvalue weighted by Gasteiger charge is 2.19. The highest BCUT2D eigenvalue weighted by atomic mass is 19.1. The lowest BCUT2D eigenvalue weighted by molar-refractivity contribution is 0.337. The standard InChI is InChI=1S/C14H18FN3O/c1-3-12(16)9(2)14-17-13(18-19-14)8-10-5-4-6-11(15)7-10/h4-7,9,12H,3,8,16H2,1-2H3. The summed E-state index contributed by atoms with van der Waals surface area (Å²) >= 11 is 0. The van der Waals surface area contributed by atoms with E-state index in [1.54, 1.807) is 6.07 Å². The number of nitrogens with two attached hydrogens (primary N) is 1. The molecule has 0 radical (unpaired) electrons. The minimum absolute atomic E-state index is 0.00229. The van der Waals surface area contributed by atoms with Crippen LogP contribution in [-0.4, -0.2) is 16.2 Å². The van der Waals surface area contributed by atoms with Crippen LogP contribution in [0.4, 0.5) is 4.39 Å². The van der Waals surface area contributed by atoms with Gasteiger partial charge in [0.1, 0.15) is 5.82 Å². The van der Waals surface area contributed by atoms with Crippen molar-refractivity contribution in [2.24, 2.45) is 5.73 Å².